The Hall–Kier alpha value is -16.3. The molecule has 8 heterocycles. The number of rotatable bonds is 14. The molecule has 0 saturated carbocycles. The highest BCUT2D eigenvalue weighted by molar-refractivity contribution is 6.25. The highest BCUT2D eigenvalue weighted by Crippen LogP contribution is 2.45. The summed E-state index contributed by atoms with van der Waals surface area (Å²) in [5.41, 5.74) is 29.5. The fraction of sp³-hybridized carbons (Fsp3) is 0. The summed E-state index contributed by atoms with van der Waals surface area (Å²) in [7, 11) is 0. The molecular weight excluding hydrogens is 1440 g/mol. The lowest BCUT2D eigenvalue weighted by Gasteiger charge is -2.14. The largest absolute Gasteiger partial charge is 0.255 e. The van der Waals surface area contributed by atoms with Gasteiger partial charge in [-0.2, -0.15) is 9.59 Å². The first-order chi connectivity index (χ1) is 58.5. The second-order valence-electron chi connectivity index (χ2n) is 29.0. The lowest BCUT2D eigenvalue weighted by Crippen LogP contribution is -1.97. The molecule has 8 aromatic heterocycles. The number of hydrogen-bond acceptors (Lipinski definition) is 11. The number of pyridine rings is 5. The van der Waals surface area contributed by atoms with Gasteiger partial charge in [0, 0.05) is 83.7 Å². The van der Waals surface area contributed by atoms with Crippen molar-refractivity contribution in [3.8, 4) is 146 Å². The van der Waals surface area contributed by atoms with Crippen molar-refractivity contribution < 1.29 is 0 Å². The molecule has 0 bridgehead atoms. The molecule has 118 heavy (non-hydrogen) atoms. The molecule has 0 aliphatic rings. The van der Waals surface area contributed by atoms with Crippen molar-refractivity contribution in [2.24, 2.45) is 0 Å². The fourth-order valence-corrected chi connectivity index (χ4v) is 15.9. The van der Waals surface area contributed by atoms with Gasteiger partial charge in [0.2, 0.25) is 0 Å². The highest BCUT2D eigenvalue weighted by atomic mass is 15.5. The zero-order valence-electron chi connectivity index (χ0n) is 63.5. The molecule has 0 atom stereocenters. The van der Waals surface area contributed by atoms with Crippen LogP contribution in [0.25, 0.3) is 212 Å². The Morgan fingerprint density at radius 2 is 0.534 bits per heavy atom. The van der Waals surface area contributed by atoms with Gasteiger partial charge < -0.3 is 0 Å². The maximum Gasteiger partial charge on any atom is 0.160 e. The molecule has 0 aliphatic carbocycles. The second-order valence-corrected chi connectivity index (χ2v) is 29.0. The fourth-order valence-electron chi connectivity index (χ4n) is 15.9. The maximum atomic E-state index is 5.37. The minimum absolute atomic E-state index is 0.698. The third-order valence-electron chi connectivity index (χ3n) is 21.6. The quantitative estimate of drug-likeness (QED) is 0.0957. The predicted molar refractivity (Wildman–Crippen MR) is 478 cm³/mol. The second kappa shape index (κ2) is 30.3. The van der Waals surface area contributed by atoms with Crippen molar-refractivity contribution in [2.45, 2.75) is 0 Å². The molecule has 14 aromatic carbocycles. The van der Waals surface area contributed by atoms with Gasteiger partial charge in [-0.3, -0.25) is 9.97 Å². The smallest absolute Gasteiger partial charge is 0.160 e. The molecule has 0 amide bonds. The Labute approximate surface area is 679 Å². The van der Waals surface area contributed by atoms with Crippen LogP contribution in [0.2, 0.25) is 0 Å². The third-order valence-corrected chi connectivity index (χ3v) is 21.6. The van der Waals surface area contributed by atoms with Gasteiger partial charge in [-0.15, -0.1) is 20.4 Å². The molecule has 0 aliphatic heterocycles. The van der Waals surface area contributed by atoms with Crippen LogP contribution in [0.5, 0.6) is 0 Å². The van der Waals surface area contributed by atoms with E-state index in [1.165, 1.54) is 0 Å². The van der Waals surface area contributed by atoms with Gasteiger partial charge in [0.05, 0.1) is 68.0 Å². The molecule has 552 valence electrons. The molecule has 0 unspecified atom stereocenters. The van der Waals surface area contributed by atoms with Gasteiger partial charge in [0.1, 0.15) is 22.1 Å². The molecule has 0 saturated heterocycles. The van der Waals surface area contributed by atoms with Gasteiger partial charge in [-0.25, -0.2) is 24.9 Å². The Morgan fingerprint density at radius 3 is 0.966 bits per heavy atom. The third kappa shape index (κ3) is 13.4. The number of para-hydroxylation sites is 4. The number of hydrogen-bond donors (Lipinski definition) is 0. The van der Waals surface area contributed by atoms with Gasteiger partial charge in [0.25, 0.3) is 0 Å². The monoisotopic (exact) mass is 1510 g/mol. The molecule has 13 heteroatoms. The number of benzene rings is 14. The summed E-state index contributed by atoms with van der Waals surface area (Å²) in [5, 5.41) is 26.8. The Morgan fingerprint density at radius 1 is 0.186 bits per heavy atom. The standard InChI is InChI=1S/C53H34N6.C52H33N7/c1-5-16-36(17-6-1)44-33-45-49(52-51(44)57-59(58-52)42-24-11-4-12-25-42)43-26-13-14-27-46(43)54-50(45)41-23-15-22-40(32-41)35-28-30-38(31-29-35)48-34-47(37-18-7-2-8-19-37)55-53(56-48)39-20-9-3-10-21-39;1-3-14-36(15-4-1)42-33-43-49(52-51(42)57-59(58-52)40-18-5-2-6-19-40)41-20-7-8-21-44(41)56-50(43)38-17-13-16-37(30-38)34-24-26-35(27-25-34)39-31-47(45-22-9-11-28-53-45)55-48(32-39)46-23-10-12-29-54-46/h1-34H;1-33H. The van der Waals surface area contributed by atoms with Gasteiger partial charge in [-0.05, 0) is 148 Å². The zero-order chi connectivity index (χ0) is 78.2. The van der Waals surface area contributed by atoms with E-state index < -0.39 is 0 Å². The van der Waals surface area contributed by atoms with Gasteiger partial charge in [-0.1, -0.05) is 291 Å². The summed E-state index contributed by atoms with van der Waals surface area (Å²) in [6.07, 6.45) is 3.59. The van der Waals surface area contributed by atoms with Gasteiger partial charge >= 0.3 is 0 Å². The van der Waals surface area contributed by atoms with Gasteiger partial charge in [0.15, 0.2) is 5.82 Å². The van der Waals surface area contributed by atoms with Crippen LogP contribution in [0.1, 0.15) is 0 Å². The van der Waals surface area contributed by atoms with E-state index in [1.54, 1.807) is 22.0 Å². The van der Waals surface area contributed by atoms with Crippen molar-refractivity contribution in [1.29, 1.82) is 0 Å². The van der Waals surface area contributed by atoms with E-state index >= 15 is 0 Å². The van der Waals surface area contributed by atoms with E-state index in [2.05, 4.69) is 247 Å². The van der Waals surface area contributed by atoms with Crippen molar-refractivity contribution in [3.05, 3.63) is 407 Å². The van der Waals surface area contributed by atoms with Crippen LogP contribution < -0.4 is 0 Å². The molecular formula is C105H67N13. The van der Waals surface area contributed by atoms with Crippen LogP contribution in [0.4, 0.5) is 0 Å². The van der Waals surface area contributed by atoms with Crippen molar-refractivity contribution >= 4 is 65.4 Å². The maximum absolute atomic E-state index is 5.37. The lowest BCUT2D eigenvalue weighted by molar-refractivity contribution is 0.766. The van der Waals surface area contributed by atoms with E-state index in [9.17, 15) is 0 Å². The first-order valence-electron chi connectivity index (χ1n) is 39.2. The Balaban J connectivity index is 0.000000147. The Bertz CT molecular complexity index is 6920. The molecule has 13 nitrogen and oxygen atoms in total. The minimum Gasteiger partial charge on any atom is -0.255 e. The number of aromatic nitrogens is 13. The number of nitrogens with zero attached hydrogens (tertiary/aromatic N) is 13. The van der Waals surface area contributed by atoms with E-state index in [4.69, 9.17) is 45.3 Å². The van der Waals surface area contributed by atoms with Crippen LogP contribution in [0.3, 0.4) is 0 Å². The normalized spacial score (nSPS) is 11.4. The summed E-state index contributed by atoms with van der Waals surface area (Å²) in [4.78, 5) is 38.4. The molecule has 0 fully saturated rings. The SMILES string of the molecule is c1ccc(-c2cc(-c3ccc(-c4cccc(-c5nc6ccccc6c6c5cc(-c5ccccc5)c5nn(-c7ccccc7)nc56)c4)cc3)nc(-c3ccccc3)n2)cc1.c1ccc(-c2cc3c(-c4cccc(-c5ccc(-c6cc(-c7ccccn7)nc(-c7ccccn7)c6)cc5)c4)nc4ccccc4c3c3nn(-c4ccccc4)nc23)cc1. The van der Waals surface area contributed by atoms with Crippen molar-refractivity contribution in [1.82, 2.24) is 64.9 Å². The first kappa shape index (κ1) is 69.7. The highest BCUT2D eigenvalue weighted by Gasteiger charge is 2.25. The molecule has 0 spiro atoms. The molecule has 22 aromatic rings. The van der Waals surface area contributed by atoms with Crippen LogP contribution in [0.15, 0.2) is 407 Å². The Kier molecular flexibility index (Phi) is 17.9. The van der Waals surface area contributed by atoms with Crippen LogP contribution >= 0.6 is 0 Å². The summed E-state index contributed by atoms with van der Waals surface area (Å²) in [5.74, 6) is 0.698. The lowest BCUT2D eigenvalue weighted by atomic mass is 9.93. The summed E-state index contributed by atoms with van der Waals surface area (Å²) in [6, 6.07) is 135. The van der Waals surface area contributed by atoms with E-state index in [-0.39, 0.29) is 0 Å². The van der Waals surface area contributed by atoms with E-state index in [0.717, 1.165) is 206 Å². The number of fused-ring (bicyclic) bond motifs is 10. The molecule has 22 rings (SSSR count). The predicted octanol–water partition coefficient (Wildman–Crippen LogP) is 25.2. The van der Waals surface area contributed by atoms with Crippen molar-refractivity contribution in [3.63, 3.8) is 0 Å². The van der Waals surface area contributed by atoms with Crippen LogP contribution in [0, 0.1) is 0 Å². The van der Waals surface area contributed by atoms with Crippen LogP contribution in [-0.4, -0.2) is 64.9 Å². The summed E-state index contributed by atoms with van der Waals surface area (Å²) >= 11 is 0. The summed E-state index contributed by atoms with van der Waals surface area (Å²) in [6.45, 7) is 0. The molecule has 0 radical (unpaired) electrons. The first-order valence-corrected chi connectivity index (χ1v) is 39.2. The van der Waals surface area contributed by atoms with Crippen LogP contribution in [-0.2, 0) is 0 Å². The van der Waals surface area contributed by atoms with Crippen molar-refractivity contribution in [2.75, 3.05) is 0 Å². The average Bonchev–Trinajstić information content (AvgIpc) is 1.36. The average molecular weight is 1510 g/mol. The zero-order valence-corrected chi connectivity index (χ0v) is 63.5. The topological polar surface area (TPSA) is 152 Å². The summed E-state index contributed by atoms with van der Waals surface area (Å²) < 4.78 is 0. The van der Waals surface area contributed by atoms with E-state index in [0.29, 0.717) is 5.82 Å². The minimum atomic E-state index is 0.698. The van der Waals surface area contributed by atoms with E-state index in [1.807, 2.05) is 158 Å². The molecule has 0 N–H and O–H groups in total.